The Morgan fingerprint density at radius 3 is 3.00 bits per heavy atom. The molecule has 0 radical (unpaired) electrons. The molecule has 0 amide bonds. The van der Waals surface area contributed by atoms with Gasteiger partial charge in [0.25, 0.3) is 0 Å². The molecule has 0 spiro atoms. The summed E-state index contributed by atoms with van der Waals surface area (Å²) in [6, 6.07) is 2.36. The van der Waals surface area contributed by atoms with Gasteiger partial charge in [0, 0.05) is 12.2 Å². The van der Waals surface area contributed by atoms with Crippen LogP contribution in [0, 0.1) is 0 Å². The first-order valence-electron chi connectivity index (χ1n) is 5.34. The average Bonchev–Trinajstić information content (AvgIpc) is 2.30. The van der Waals surface area contributed by atoms with Gasteiger partial charge in [-0.2, -0.15) is 0 Å². The monoisotopic (exact) mass is 207 g/mol. The minimum absolute atomic E-state index is 0.402. The smallest absolute Gasteiger partial charge is 0.236 e. The largest absolute Gasteiger partial charge is 0.480 e. The molecule has 82 valence electrons. The number of hydrogen-bond acceptors (Lipinski definition) is 4. The Labute approximate surface area is 89.8 Å². The summed E-state index contributed by atoms with van der Waals surface area (Å²) in [7, 11) is 1.58. The predicted octanol–water partition coefficient (Wildman–Crippen LogP) is 1.49. The summed E-state index contributed by atoms with van der Waals surface area (Å²) in [4.78, 5) is 4.18. The Kier molecular flexibility index (Phi) is 3.06. The van der Waals surface area contributed by atoms with Crippen molar-refractivity contribution in [3.05, 3.63) is 17.8 Å². The van der Waals surface area contributed by atoms with E-state index < -0.39 is 0 Å². The van der Waals surface area contributed by atoms with Gasteiger partial charge in [-0.1, -0.05) is 6.42 Å². The van der Waals surface area contributed by atoms with Crippen LogP contribution in [-0.2, 0) is 0 Å². The molecule has 1 aliphatic rings. The van der Waals surface area contributed by atoms with E-state index in [2.05, 4.69) is 10.3 Å². The molecule has 1 fully saturated rings. The maximum Gasteiger partial charge on any atom is 0.236 e. The van der Waals surface area contributed by atoms with Crippen LogP contribution in [0.5, 0.6) is 5.88 Å². The van der Waals surface area contributed by atoms with Crippen molar-refractivity contribution in [2.75, 3.05) is 19.4 Å². The summed E-state index contributed by atoms with van der Waals surface area (Å²) in [5, 5.41) is 3.46. The fraction of sp³-hybridized carbons (Fsp3) is 0.545. The van der Waals surface area contributed by atoms with Gasteiger partial charge < -0.3 is 15.8 Å². The number of nitrogens with one attached hydrogen (secondary N) is 1. The Morgan fingerprint density at radius 2 is 2.40 bits per heavy atom. The van der Waals surface area contributed by atoms with E-state index in [0.717, 1.165) is 18.5 Å². The van der Waals surface area contributed by atoms with Crippen molar-refractivity contribution >= 4 is 5.69 Å². The van der Waals surface area contributed by atoms with Crippen LogP contribution in [0.15, 0.2) is 12.3 Å². The van der Waals surface area contributed by atoms with Gasteiger partial charge in [0.15, 0.2) is 0 Å². The molecule has 1 aliphatic heterocycles. The molecule has 15 heavy (non-hydrogen) atoms. The third-order valence-electron chi connectivity index (χ3n) is 2.81. The zero-order valence-corrected chi connectivity index (χ0v) is 8.99. The highest BCUT2D eigenvalue weighted by atomic mass is 16.5. The summed E-state index contributed by atoms with van der Waals surface area (Å²) in [5.41, 5.74) is 7.60. The van der Waals surface area contributed by atoms with Crippen LogP contribution in [0.25, 0.3) is 0 Å². The SMILES string of the molecule is COc1ncc(C2CCCCN2)cc1N. The van der Waals surface area contributed by atoms with Gasteiger partial charge >= 0.3 is 0 Å². The van der Waals surface area contributed by atoms with E-state index >= 15 is 0 Å². The van der Waals surface area contributed by atoms with Crippen molar-refractivity contribution in [3.8, 4) is 5.88 Å². The van der Waals surface area contributed by atoms with Crippen LogP contribution in [0.2, 0.25) is 0 Å². The second kappa shape index (κ2) is 4.49. The molecule has 4 heteroatoms. The van der Waals surface area contributed by atoms with E-state index in [-0.39, 0.29) is 0 Å². The maximum absolute atomic E-state index is 5.82. The number of piperidine rings is 1. The Balaban J connectivity index is 2.17. The highest BCUT2D eigenvalue weighted by Crippen LogP contribution is 2.26. The average molecular weight is 207 g/mol. The van der Waals surface area contributed by atoms with Crippen molar-refractivity contribution < 1.29 is 4.74 Å². The summed E-state index contributed by atoms with van der Waals surface area (Å²) in [5.74, 6) is 0.509. The van der Waals surface area contributed by atoms with Crippen LogP contribution in [0.1, 0.15) is 30.9 Å². The van der Waals surface area contributed by atoms with E-state index in [0.29, 0.717) is 17.6 Å². The van der Waals surface area contributed by atoms with Gasteiger partial charge in [-0.3, -0.25) is 0 Å². The lowest BCUT2D eigenvalue weighted by Crippen LogP contribution is -2.26. The summed E-state index contributed by atoms with van der Waals surface area (Å²) < 4.78 is 5.03. The van der Waals surface area contributed by atoms with Crippen LogP contribution in [-0.4, -0.2) is 18.6 Å². The quantitative estimate of drug-likeness (QED) is 0.771. The highest BCUT2D eigenvalue weighted by Gasteiger charge is 2.16. The first-order chi connectivity index (χ1) is 7.31. The van der Waals surface area contributed by atoms with E-state index in [4.69, 9.17) is 10.5 Å². The normalized spacial score (nSPS) is 21.3. The van der Waals surface area contributed by atoms with Gasteiger partial charge in [-0.25, -0.2) is 4.98 Å². The lowest BCUT2D eigenvalue weighted by atomic mass is 9.99. The minimum Gasteiger partial charge on any atom is -0.480 e. The van der Waals surface area contributed by atoms with E-state index in [1.807, 2.05) is 12.3 Å². The van der Waals surface area contributed by atoms with Crippen LogP contribution in [0.4, 0.5) is 5.69 Å². The molecule has 0 bridgehead atoms. The summed E-state index contributed by atoms with van der Waals surface area (Å²) >= 11 is 0. The second-order valence-corrected chi connectivity index (χ2v) is 3.87. The zero-order valence-electron chi connectivity index (χ0n) is 8.99. The molecule has 4 nitrogen and oxygen atoms in total. The number of nitrogens with two attached hydrogens (primary N) is 1. The molecule has 1 aromatic rings. The molecule has 0 aromatic carbocycles. The van der Waals surface area contributed by atoms with Gasteiger partial charge in [0.05, 0.1) is 12.8 Å². The molecule has 1 aromatic heterocycles. The summed E-state index contributed by atoms with van der Waals surface area (Å²) in [6.45, 7) is 1.08. The minimum atomic E-state index is 0.402. The highest BCUT2D eigenvalue weighted by molar-refractivity contribution is 5.49. The zero-order chi connectivity index (χ0) is 10.7. The fourth-order valence-electron chi connectivity index (χ4n) is 1.98. The maximum atomic E-state index is 5.82. The number of nitrogen functional groups attached to an aromatic ring is 1. The number of rotatable bonds is 2. The van der Waals surface area contributed by atoms with E-state index in [1.54, 1.807) is 7.11 Å². The van der Waals surface area contributed by atoms with Crippen LogP contribution < -0.4 is 15.8 Å². The van der Waals surface area contributed by atoms with Crippen LogP contribution >= 0.6 is 0 Å². The van der Waals surface area contributed by atoms with Gasteiger partial charge in [0.1, 0.15) is 0 Å². The number of hydrogen-bond donors (Lipinski definition) is 2. The standard InChI is InChI=1S/C11H17N3O/c1-15-11-9(12)6-8(7-14-11)10-4-2-3-5-13-10/h6-7,10,13H,2-5,12H2,1H3. The number of ether oxygens (including phenoxy) is 1. The molecule has 0 saturated carbocycles. The van der Waals surface area contributed by atoms with E-state index in [9.17, 15) is 0 Å². The van der Waals surface area contributed by atoms with E-state index in [1.165, 1.54) is 12.8 Å². The molecule has 3 N–H and O–H groups in total. The van der Waals surface area contributed by atoms with Crippen molar-refractivity contribution in [3.63, 3.8) is 0 Å². The second-order valence-electron chi connectivity index (χ2n) is 3.87. The molecule has 2 heterocycles. The number of pyridine rings is 1. The Hall–Kier alpha value is -1.29. The number of anilines is 1. The summed E-state index contributed by atoms with van der Waals surface area (Å²) in [6.07, 6.45) is 5.53. The Morgan fingerprint density at radius 1 is 1.53 bits per heavy atom. The van der Waals surface area contributed by atoms with Gasteiger partial charge in [0.2, 0.25) is 5.88 Å². The van der Waals surface area contributed by atoms with Crippen molar-refractivity contribution in [2.24, 2.45) is 0 Å². The van der Waals surface area contributed by atoms with Crippen molar-refractivity contribution in [1.29, 1.82) is 0 Å². The lowest BCUT2D eigenvalue weighted by molar-refractivity contribution is 0.394. The molecule has 2 rings (SSSR count). The molecular weight excluding hydrogens is 190 g/mol. The molecule has 0 aliphatic carbocycles. The first kappa shape index (κ1) is 10.2. The lowest BCUT2D eigenvalue weighted by Gasteiger charge is -2.23. The number of methoxy groups -OCH3 is 1. The fourth-order valence-corrected chi connectivity index (χ4v) is 1.98. The first-order valence-corrected chi connectivity index (χ1v) is 5.34. The van der Waals surface area contributed by atoms with Crippen LogP contribution in [0.3, 0.4) is 0 Å². The predicted molar refractivity (Wildman–Crippen MR) is 59.8 cm³/mol. The van der Waals surface area contributed by atoms with Crippen molar-refractivity contribution in [1.82, 2.24) is 10.3 Å². The Bertz CT molecular complexity index is 335. The number of aromatic nitrogens is 1. The van der Waals surface area contributed by atoms with Gasteiger partial charge in [-0.15, -0.1) is 0 Å². The molecule has 1 atom stereocenters. The van der Waals surface area contributed by atoms with Gasteiger partial charge in [-0.05, 0) is 31.0 Å². The third-order valence-corrected chi connectivity index (χ3v) is 2.81. The topological polar surface area (TPSA) is 60.2 Å². The molecule has 1 saturated heterocycles. The number of nitrogens with zero attached hydrogens (tertiary/aromatic N) is 1. The molecule has 1 unspecified atom stereocenters. The molecular formula is C11H17N3O. The van der Waals surface area contributed by atoms with Crippen molar-refractivity contribution in [2.45, 2.75) is 25.3 Å². The third kappa shape index (κ3) is 2.21.